The Kier molecular flexibility index (Phi) is 5.94. The van der Waals surface area contributed by atoms with E-state index in [-0.39, 0.29) is 0 Å². The number of hydrogen-bond acceptors (Lipinski definition) is 5. The summed E-state index contributed by atoms with van der Waals surface area (Å²) in [7, 11) is 6.57. The molecule has 0 fully saturated rings. The fraction of sp³-hybridized carbons (Fsp3) is 0.286. The lowest BCUT2D eigenvalue weighted by Crippen LogP contribution is -2.01. The number of pyridine rings is 1. The van der Waals surface area contributed by atoms with Crippen molar-refractivity contribution in [2.45, 2.75) is 13.3 Å². The van der Waals surface area contributed by atoms with Gasteiger partial charge in [-0.3, -0.25) is 4.98 Å². The second-order valence-electron chi connectivity index (χ2n) is 6.11. The lowest BCUT2D eigenvalue weighted by Gasteiger charge is -2.15. The molecule has 5 nitrogen and oxygen atoms in total. The first-order valence-corrected chi connectivity index (χ1v) is 9.51. The molecule has 0 amide bonds. The van der Waals surface area contributed by atoms with Crippen molar-refractivity contribution in [2.75, 3.05) is 28.4 Å². The molecule has 0 atom stereocenters. The fourth-order valence-corrected chi connectivity index (χ4v) is 3.77. The zero-order valence-corrected chi connectivity index (χ0v) is 18.2. The second kappa shape index (κ2) is 8.21. The maximum atomic E-state index is 5.48. The largest absolute Gasteiger partial charge is 0.493 e. The molecule has 0 aliphatic heterocycles. The third-order valence-electron chi connectivity index (χ3n) is 4.45. The van der Waals surface area contributed by atoms with Gasteiger partial charge in [-0.15, -0.1) is 0 Å². The molecule has 1 aromatic heterocycles. The Balaban J connectivity index is 2.14. The number of aromatic nitrogens is 1. The van der Waals surface area contributed by atoms with Crippen LogP contribution in [-0.4, -0.2) is 33.4 Å². The van der Waals surface area contributed by atoms with E-state index < -0.39 is 0 Å². The molecule has 6 heteroatoms. The van der Waals surface area contributed by atoms with Crippen LogP contribution in [0.5, 0.6) is 23.0 Å². The highest BCUT2D eigenvalue weighted by Gasteiger charge is 2.15. The smallest absolute Gasteiger partial charge is 0.161 e. The molecule has 0 spiro atoms. The van der Waals surface area contributed by atoms with Gasteiger partial charge in [-0.05, 0) is 70.8 Å². The number of nitrogens with zero attached hydrogens (tertiary/aromatic N) is 1. The van der Waals surface area contributed by atoms with E-state index in [1.165, 1.54) is 0 Å². The Morgan fingerprint density at radius 2 is 1.33 bits per heavy atom. The Morgan fingerprint density at radius 1 is 0.778 bits per heavy atom. The summed E-state index contributed by atoms with van der Waals surface area (Å²) >= 11 is 2.32. The standard InChI is InChI=1S/C21H22INO4/c1-12-6-13-8-18(24-2)20(26-4)10-15(13)17(23-12)7-14-9-19(25-3)21(27-5)11-16(14)22/h6,8-11H,7H2,1-5H3. The molecule has 0 bridgehead atoms. The molecule has 0 radical (unpaired) electrons. The van der Waals surface area contributed by atoms with Gasteiger partial charge in [-0.25, -0.2) is 0 Å². The molecule has 0 saturated heterocycles. The summed E-state index contributed by atoms with van der Waals surface area (Å²) in [5.74, 6) is 2.84. The number of halogens is 1. The summed E-state index contributed by atoms with van der Waals surface area (Å²) in [5.41, 5.74) is 3.07. The van der Waals surface area contributed by atoms with Crippen LogP contribution in [0.1, 0.15) is 17.0 Å². The molecule has 2 aromatic carbocycles. The van der Waals surface area contributed by atoms with Gasteiger partial charge in [0.15, 0.2) is 23.0 Å². The van der Waals surface area contributed by atoms with E-state index >= 15 is 0 Å². The molecule has 0 saturated carbocycles. The Bertz CT molecular complexity index is 988. The first-order valence-electron chi connectivity index (χ1n) is 8.43. The highest BCUT2D eigenvalue weighted by molar-refractivity contribution is 14.1. The van der Waals surface area contributed by atoms with Gasteiger partial charge in [-0.2, -0.15) is 0 Å². The summed E-state index contributed by atoms with van der Waals surface area (Å²) in [6.07, 6.45) is 0.673. The van der Waals surface area contributed by atoms with Crippen LogP contribution < -0.4 is 18.9 Å². The summed E-state index contributed by atoms with van der Waals surface area (Å²) in [6, 6.07) is 10.0. The van der Waals surface area contributed by atoms with Crippen LogP contribution in [0.25, 0.3) is 10.8 Å². The Morgan fingerprint density at radius 3 is 1.96 bits per heavy atom. The van der Waals surface area contributed by atoms with Gasteiger partial charge in [0.05, 0.1) is 34.1 Å². The normalized spacial score (nSPS) is 10.7. The SMILES string of the molecule is COc1cc(I)c(Cc2nc(C)cc3cc(OC)c(OC)cc23)cc1OC. The maximum absolute atomic E-state index is 5.48. The summed E-state index contributed by atoms with van der Waals surface area (Å²) < 4.78 is 22.9. The number of aryl methyl sites for hydroxylation is 1. The topological polar surface area (TPSA) is 49.8 Å². The predicted molar refractivity (Wildman–Crippen MR) is 115 cm³/mol. The van der Waals surface area contributed by atoms with Crippen LogP contribution in [0.4, 0.5) is 0 Å². The van der Waals surface area contributed by atoms with Crippen molar-refractivity contribution < 1.29 is 18.9 Å². The number of benzene rings is 2. The molecule has 1 heterocycles. The van der Waals surface area contributed by atoms with Gasteiger partial charge in [-0.1, -0.05) is 0 Å². The second-order valence-corrected chi connectivity index (χ2v) is 7.28. The molecule has 3 aromatic rings. The molecular weight excluding hydrogens is 457 g/mol. The minimum Gasteiger partial charge on any atom is -0.493 e. The molecule has 0 unspecified atom stereocenters. The van der Waals surface area contributed by atoms with E-state index in [1.54, 1.807) is 28.4 Å². The lowest BCUT2D eigenvalue weighted by molar-refractivity contribution is 0.354. The Labute approximate surface area is 172 Å². The van der Waals surface area contributed by atoms with Crippen LogP contribution in [0.2, 0.25) is 0 Å². The minimum atomic E-state index is 0.673. The van der Waals surface area contributed by atoms with Crippen molar-refractivity contribution in [1.29, 1.82) is 0 Å². The van der Waals surface area contributed by atoms with Gasteiger partial charge < -0.3 is 18.9 Å². The molecule has 0 N–H and O–H groups in total. The third-order valence-corrected chi connectivity index (χ3v) is 5.46. The van der Waals surface area contributed by atoms with Crippen LogP contribution in [0.3, 0.4) is 0 Å². The Hall–Kier alpha value is -2.22. The fourth-order valence-electron chi connectivity index (χ4n) is 3.14. The van der Waals surface area contributed by atoms with E-state index in [1.807, 2.05) is 31.2 Å². The summed E-state index contributed by atoms with van der Waals surface area (Å²) in [4.78, 5) is 4.79. The monoisotopic (exact) mass is 479 g/mol. The van der Waals surface area contributed by atoms with Crippen LogP contribution in [0, 0.1) is 10.5 Å². The number of methoxy groups -OCH3 is 4. The van der Waals surface area contributed by atoms with Crippen molar-refractivity contribution >= 4 is 33.4 Å². The molecule has 0 aliphatic rings. The van der Waals surface area contributed by atoms with Gasteiger partial charge >= 0.3 is 0 Å². The lowest BCUT2D eigenvalue weighted by atomic mass is 10.0. The number of fused-ring (bicyclic) bond motifs is 1. The van der Waals surface area contributed by atoms with E-state index in [9.17, 15) is 0 Å². The first-order chi connectivity index (χ1) is 13.0. The average molecular weight is 479 g/mol. The van der Waals surface area contributed by atoms with Gasteiger partial charge in [0.25, 0.3) is 0 Å². The highest BCUT2D eigenvalue weighted by atomic mass is 127. The van der Waals surface area contributed by atoms with E-state index in [4.69, 9.17) is 23.9 Å². The van der Waals surface area contributed by atoms with Crippen molar-refractivity contribution in [2.24, 2.45) is 0 Å². The van der Waals surface area contributed by atoms with Crippen molar-refractivity contribution in [3.8, 4) is 23.0 Å². The summed E-state index contributed by atoms with van der Waals surface area (Å²) in [5, 5.41) is 2.12. The third kappa shape index (κ3) is 3.90. The van der Waals surface area contributed by atoms with Gasteiger partial charge in [0.1, 0.15) is 0 Å². The molecule has 0 aliphatic carbocycles. The van der Waals surface area contributed by atoms with Crippen molar-refractivity contribution in [1.82, 2.24) is 4.98 Å². The van der Waals surface area contributed by atoms with E-state index in [0.717, 1.165) is 37.0 Å². The number of ether oxygens (including phenoxy) is 4. The molecular formula is C21H22INO4. The van der Waals surface area contributed by atoms with Crippen LogP contribution >= 0.6 is 22.6 Å². The predicted octanol–water partition coefficient (Wildman–Crippen LogP) is 4.77. The molecule has 142 valence electrons. The van der Waals surface area contributed by atoms with Gasteiger partial charge in [0, 0.05) is 21.1 Å². The van der Waals surface area contributed by atoms with Gasteiger partial charge in [0.2, 0.25) is 0 Å². The quantitative estimate of drug-likeness (QED) is 0.477. The number of rotatable bonds is 6. The highest BCUT2D eigenvalue weighted by Crippen LogP contribution is 2.36. The zero-order valence-electron chi connectivity index (χ0n) is 16.1. The zero-order chi connectivity index (χ0) is 19.6. The minimum absolute atomic E-state index is 0.673. The number of hydrogen-bond donors (Lipinski definition) is 0. The molecule has 27 heavy (non-hydrogen) atoms. The van der Waals surface area contributed by atoms with Crippen molar-refractivity contribution in [3.05, 3.63) is 50.9 Å². The average Bonchev–Trinajstić information content (AvgIpc) is 2.67. The first kappa shape index (κ1) is 19.5. The van der Waals surface area contributed by atoms with Crippen LogP contribution in [-0.2, 0) is 6.42 Å². The maximum Gasteiger partial charge on any atom is 0.161 e. The van der Waals surface area contributed by atoms with E-state index in [0.29, 0.717) is 23.7 Å². The van der Waals surface area contributed by atoms with Crippen LogP contribution in [0.15, 0.2) is 30.3 Å². The van der Waals surface area contributed by atoms with E-state index in [2.05, 4.69) is 28.7 Å². The summed E-state index contributed by atoms with van der Waals surface area (Å²) in [6.45, 7) is 2.00. The molecule has 3 rings (SSSR count). The van der Waals surface area contributed by atoms with Crippen molar-refractivity contribution in [3.63, 3.8) is 0 Å².